The van der Waals surface area contributed by atoms with Gasteiger partial charge in [-0.3, -0.25) is 4.79 Å². The van der Waals surface area contributed by atoms with Crippen LogP contribution < -0.4 is 5.32 Å². The highest BCUT2D eigenvalue weighted by atomic mass is 16.3. The lowest BCUT2D eigenvalue weighted by molar-refractivity contribution is -0.127. The molecular weight excluding hydrogens is 168 g/mol. The molecule has 0 atom stereocenters. The van der Waals surface area contributed by atoms with Crippen LogP contribution in [-0.4, -0.2) is 49.7 Å². The highest BCUT2D eigenvalue weighted by Crippen LogP contribution is 2.44. The summed E-state index contributed by atoms with van der Waals surface area (Å²) in [6.45, 7) is 1.36. The van der Waals surface area contributed by atoms with Gasteiger partial charge in [-0.15, -0.1) is 0 Å². The Kier molecular flexibility index (Phi) is 3.27. The Morgan fingerprint density at radius 3 is 2.54 bits per heavy atom. The second-order valence-electron chi connectivity index (χ2n) is 4.05. The summed E-state index contributed by atoms with van der Waals surface area (Å²) < 4.78 is 0. The van der Waals surface area contributed by atoms with Crippen molar-refractivity contribution in [3.63, 3.8) is 0 Å². The molecule has 0 aromatic heterocycles. The van der Waals surface area contributed by atoms with Crippen molar-refractivity contribution in [3.8, 4) is 0 Å². The lowest BCUT2D eigenvalue weighted by Crippen LogP contribution is -2.36. The summed E-state index contributed by atoms with van der Waals surface area (Å²) in [5.41, 5.74) is 0.0899. The molecule has 1 aliphatic carbocycles. The standard InChI is InChI=1S/C9H18N2O2/c1-11(2)8(13)5-10-6-9(7-12)3-4-9/h10,12H,3-7H2,1-2H3. The van der Waals surface area contributed by atoms with Crippen molar-refractivity contribution in [2.45, 2.75) is 12.8 Å². The minimum Gasteiger partial charge on any atom is -0.396 e. The maximum absolute atomic E-state index is 11.1. The fourth-order valence-corrected chi connectivity index (χ4v) is 1.16. The molecule has 0 spiro atoms. The van der Waals surface area contributed by atoms with Gasteiger partial charge in [0.15, 0.2) is 0 Å². The molecule has 1 fully saturated rings. The largest absolute Gasteiger partial charge is 0.396 e. The Labute approximate surface area is 78.9 Å². The molecule has 0 saturated heterocycles. The van der Waals surface area contributed by atoms with E-state index in [4.69, 9.17) is 5.11 Å². The first-order valence-electron chi connectivity index (χ1n) is 4.61. The Balaban J connectivity index is 2.10. The molecule has 76 valence electrons. The zero-order valence-corrected chi connectivity index (χ0v) is 8.34. The minimum atomic E-state index is 0.0775. The van der Waals surface area contributed by atoms with E-state index in [1.807, 2.05) is 0 Å². The molecule has 0 radical (unpaired) electrons. The van der Waals surface area contributed by atoms with Gasteiger partial charge in [-0.2, -0.15) is 0 Å². The number of aliphatic hydroxyl groups excluding tert-OH is 1. The highest BCUT2D eigenvalue weighted by molar-refractivity contribution is 5.77. The van der Waals surface area contributed by atoms with Crippen LogP contribution in [0, 0.1) is 5.41 Å². The minimum absolute atomic E-state index is 0.0775. The molecule has 0 aliphatic heterocycles. The van der Waals surface area contributed by atoms with Crippen molar-refractivity contribution in [2.75, 3.05) is 33.8 Å². The Morgan fingerprint density at radius 2 is 2.15 bits per heavy atom. The van der Waals surface area contributed by atoms with Crippen molar-refractivity contribution in [3.05, 3.63) is 0 Å². The van der Waals surface area contributed by atoms with Crippen LogP contribution in [0.2, 0.25) is 0 Å². The van der Waals surface area contributed by atoms with Crippen LogP contribution in [0.5, 0.6) is 0 Å². The van der Waals surface area contributed by atoms with Gasteiger partial charge in [-0.1, -0.05) is 0 Å². The molecule has 1 aliphatic rings. The predicted molar refractivity (Wildman–Crippen MR) is 50.3 cm³/mol. The molecule has 4 heteroatoms. The molecule has 0 aromatic carbocycles. The lowest BCUT2D eigenvalue weighted by Gasteiger charge is -2.14. The Hall–Kier alpha value is -0.610. The fourth-order valence-electron chi connectivity index (χ4n) is 1.16. The summed E-state index contributed by atoms with van der Waals surface area (Å²) in [4.78, 5) is 12.7. The number of carbonyl (C=O) groups excluding carboxylic acids is 1. The van der Waals surface area contributed by atoms with Gasteiger partial charge in [0, 0.05) is 32.7 Å². The average Bonchev–Trinajstić information content (AvgIpc) is 2.85. The number of likely N-dealkylation sites (N-methyl/N-ethyl adjacent to an activating group) is 1. The number of nitrogens with one attached hydrogen (secondary N) is 1. The number of amides is 1. The van der Waals surface area contributed by atoms with E-state index in [2.05, 4.69) is 5.32 Å². The summed E-state index contributed by atoms with van der Waals surface area (Å²) >= 11 is 0. The van der Waals surface area contributed by atoms with Crippen molar-refractivity contribution < 1.29 is 9.90 Å². The van der Waals surface area contributed by atoms with E-state index in [0.29, 0.717) is 6.54 Å². The molecule has 0 heterocycles. The normalized spacial score (nSPS) is 18.4. The molecule has 0 unspecified atom stereocenters. The van der Waals surface area contributed by atoms with Crippen molar-refractivity contribution >= 4 is 5.91 Å². The van der Waals surface area contributed by atoms with Gasteiger partial charge in [0.05, 0.1) is 6.54 Å². The van der Waals surface area contributed by atoms with E-state index in [0.717, 1.165) is 19.4 Å². The maximum Gasteiger partial charge on any atom is 0.236 e. The monoisotopic (exact) mass is 186 g/mol. The number of hydrogen-bond acceptors (Lipinski definition) is 3. The smallest absolute Gasteiger partial charge is 0.236 e. The third-order valence-electron chi connectivity index (χ3n) is 2.57. The van der Waals surface area contributed by atoms with Crippen LogP contribution in [-0.2, 0) is 4.79 Å². The lowest BCUT2D eigenvalue weighted by atomic mass is 10.1. The van der Waals surface area contributed by atoms with Crippen LogP contribution >= 0.6 is 0 Å². The first-order chi connectivity index (χ1) is 6.09. The van der Waals surface area contributed by atoms with Gasteiger partial charge in [0.2, 0.25) is 5.91 Å². The van der Waals surface area contributed by atoms with Crippen molar-refractivity contribution in [2.24, 2.45) is 5.41 Å². The van der Waals surface area contributed by atoms with E-state index in [1.54, 1.807) is 19.0 Å². The van der Waals surface area contributed by atoms with Crippen molar-refractivity contribution in [1.82, 2.24) is 10.2 Å². The quantitative estimate of drug-likeness (QED) is 0.605. The first-order valence-corrected chi connectivity index (χ1v) is 4.61. The molecule has 1 amide bonds. The molecule has 1 saturated carbocycles. The fraction of sp³-hybridized carbons (Fsp3) is 0.889. The van der Waals surface area contributed by atoms with Crippen LogP contribution in [0.3, 0.4) is 0 Å². The Bertz CT molecular complexity index is 188. The Morgan fingerprint density at radius 1 is 1.54 bits per heavy atom. The van der Waals surface area contributed by atoms with Gasteiger partial charge in [0.25, 0.3) is 0 Å². The van der Waals surface area contributed by atoms with E-state index < -0.39 is 0 Å². The number of carbonyl (C=O) groups is 1. The van der Waals surface area contributed by atoms with Gasteiger partial charge in [0.1, 0.15) is 0 Å². The zero-order valence-electron chi connectivity index (χ0n) is 8.34. The van der Waals surface area contributed by atoms with Crippen LogP contribution in [0.1, 0.15) is 12.8 Å². The predicted octanol–water partition coefficient (Wildman–Crippen LogP) is -0.563. The second-order valence-corrected chi connectivity index (χ2v) is 4.05. The third kappa shape index (κ3) is 2.97. The van der Waals surface area contributed by atoms with Crippen LogP contribution in [0.25, 0.3) is 0 Å². The summed E-state index contributed by atoms with van der Waals surface area (Å²) in [7, 11) is 3.48. The number of aliphatic hydroxyl groups is 1. The summed E-state index contributed by atoms with van der Waals surface area (Å²) in [5.74, 6) is 0.0775. The molecule has 1 rings (SSSR count). The number of hydrogen-bond donors (Lipinski definition) is 2. The van der Waals surface area contributed by atoms with Crippen LogP contribution in [0.15, 0.2) is 0 Å². The summed E-state index contributed by atoms with van der Waals surface area (Å²) in [6, 6.07) is 0. The second kappa shape index (κ2) is 4.07. The highest BCUT2D eigenvalue weighted by Gasteiger charge is 2.41. The van der Waals surface area contributed by atoms with E-state index >= 15 is 0 Å². The van der Waals surface area contributed by atoms with Gasteiger partial charge < -0.3 is 15.3 Å². The third-order valence-corrected chi connectivity index (χ3v) is 2.57. The molecule has 4 nitrogen and oxygen atoms in total. The zero-order chi connectivity index (χ0) is 9.90. The average molecular weight is 186 g/mol. The molecular formula is C9H18N2O2. The first kappa shape index (κ1) is 10.5. The molecule has 13 heavy (non-hydrogen) atoms. The summed E-state index contributed by atoms with van der Waals surface area (Å²) in [6.07, 6.45) is 2.15. The number of rotatable bonds is 5. The topological polar surface area (TPSA) is 52.6 Å². The van der Waals surface area contributed by atoms with E-state index in [1.165, 1.54) is 0 Å². The van der Waals surface area contributed by atoms with E-state index in [9.17, 15) is 4.79 Å². The van der Waals surface area contributed by atoms with Gasteiger partial charge in [-0.25, -0.2) is 0 Å². The summed E-state index contributed by atoms with van der Waals surface area (Å²) in [5, 5.41) is 12.1. The van der Waals surface area contributed by atoms with Crippen molar-refractivity contribution in [1.29, 1.82) is 0 Å². The molecule has 2 N–H and O–H groups in total. The molecule has 0 aromatic rings. The number of nitrogens with zero attached hydrogens (tertiary/aromatic N) is 1. The van der Waals surface area contributed by atoms with Gasteiger partial charge in [-0.05, 0) is 12.8 Å². The van der Waals surface area contributed by atoms with E-state index in [-0.39, 0.29) is 17.9 Å². The SMILES string of the molecule is CN(C)C(=O)CNCC1(CO)CC1. The van der Waals surface area contributed by atoms with Gasteiger partial charge >= 0.3 is 0 Å². The maximum atomic E-state index is 11.1. The molecule has 0 bridgehead atoms. The van der Waals surface area contributed by atoms with Crippen LogP contribution in [0.4, 0.5) is 0 Å².